The first kappa shape index (κ1) is 26.2. The van der Waals surface area contributed by atoms with Crippen molar-refractivity contribution in [1.82, 2.24) is 5.16 Å². The molecule has 1 fully saturated rings. The van der Waals surface area contributed by atoms with Crippen molar-refractivity contribution in [1.29, 1.82) is 0 Å². The monoisotopic (exact) mass is 544 g/mol. The Hall–Kier alpha value is -3.84. The number of hydrogen-bond acceptors (Lipinski definition) is 9. The summed E-state index contributed by atoms with van der Waals surface area (Å²) in [4.78, 5) is 47.5. The topological polar surface area (TPSA) is 143 Å². The fourth-order valence-electron chi connectivity index (χ4n) is 3.70. The summed E-state index contributed by atoms with van der Waals surface area (Å²) in [5.41, 5.74) is -1.49. The Kier molecular flexibility index (Phi) is 7.28. The standard InChI is InChI=1S/C21H20F3N4O8P/c1-2-17(30)36-37(32,33)28(16-5-8-34-25-16)11-13-10-27(21(31)35-13)15-9-14(22)20(19(24)18(15)23)26-6-3-12(29)4-7-26/h3,5-6,8-9,13H,2,4,7,10-11H2,1H3,(H,32,33)/t13-/m1/s1. The number of allylic oxidation sites excluding steroid dienone is 1. The first-order chi connectivity index (χ1) is 17.5. The Balaban J connectivity index is 1.58. The van der Waals surface area contributed by atoms with Gasteiger partial charge in [-0.05, 0) is 6.08 Å². The zero-order chi connectivity index (χ0) is 26.9. The van der Waals surface area contributed by atoms with Crippen molar-refractivity contribution in [3.63, 3.8) is 0 Å². The van der Waals surface area contributed by atoms with Crippen LogP contribution in [0.4, 0.5) is 35.2 Å². The average molecular weight is 544 g/mol. The van der Waals surface area contributed by atoms with Crippen molar-refractivity contribution in [2.75, 3.05) is 34.1 Å². The molecular formula is C21H20F3N4O8P. The van der Waals surface area contributed by atoms with Crippen LogP contribution in [0.1, 0.15) is 19.8 Å². The van der Waals surface area contributed by atoms with Crippen molar-refractivity contribution in [2.45, 2.75) is 25.9 Å². The van der Waals surface area contributed by atoms with E-state index < -0.39 is 67.8 Å². The molecule has 0 aliphatic carbocycles. The van der Waals surface area contributed by atoms with E-state index in [2.05, 4.69) is 14.2 Å². The number of amides is 1. The molecule has 1 unspecified atom stereocenters. The first-order valence-electron chi connectivity index (χ1n) is 10.9. The maximum atomic E-state index is 15.0. The summed E-state index contributed by atoms with van der Waals surface area (Å²) in [6.45, 7) is 0.273. The number of aromatic nitrogens is 1. The van der Waals surface area contributed by atoms with Crippen molar-refractivity contribution in [2.24, 2.45) is 0 Å². The predicted molar refractivity (Wildman–Crippen MR) is 120 cm³/mol. The summed E-state index contributed by atoms with van der Waals surface area (Å²) in [6, 6.07) is 1.79. The van der Waals surface area contributed by atoms with Crippen LogP contribution in [0.15, 0.2) is 35.2 Å². The van der Waals surface area contributed by atoms with Crippen molar-refractivity contribution < 1.29 is 50.8 Å². The van der Waals surface area contributed by atoms with Gasteiger partial charge in [0.05, 0.1) is 18.8 Å². The molecule has 2 aliphatic heterocycles. The minimum atomic E-state index is -4.86. The Labute approximate surface area is 207 Å². The first-order valence-corrected chi connectivity index (χ1v) is 12.4. The van der Waals surface area contributed by atoms with Gasteiger partial charge in [0.15, 0.2) is 29.1 Å². The van der Waals surface area contributed by atoms with Crippen LogP contribution in [-0.2, 0) is 23.4 Å². The van der Waals surface area contributed by atoms with Crippen molar-refractivity contribution in [3.05, 3.63) is 48.1 Å². The van der Waals surface area contributed by atoms with E-state index >= 15 is 0 Å². The molecule has 1 amide bonds. The second-order valence-electron chi connectivity index (χ2n) is 7.94. The molecule has 37 heavy (non-hydrogen) atoms. The Morgan fingerprint density at radius 1 is 1.32 bits per heavy atom. The average Bonchev–Trinajstić information content (AvgIpc) is 3.50. The van der Waals surface area contributed by atoms with Gasteiger partial charge in [-0.2, -0.15) is 0 Å². The number of anilines is 3. The van der Waals surface area contributed by atoms with Crippen LogP contribution < -0.4 is 14.5 Å². The van der Waals surface area contributed by atoms with Gasteiger partial charge in [-0.3, -0.25) is 19.4 Å². The van der Waals surface area contributed by atoms with Crippen LogP contribution in [0.5, 0.6) is 0 Å². The lowest BCUT2D eigenvalue weighted by molar-refractivity contribution is -0.134. The van der Waals surface area contributed by atoms with E-state index in [9.17, 15) is 37.0 Å². The Morgan fingerprint density at radius 2 is 2.08 bits per heavy atom. The van der Waals surface area contributed by atoms with Gasteiger partial charge in [-0.15, -0.1) is 0 Å². The highest BCUT2D eigenvalue weighted by Crippen LogP contribution is 2.49. The summed E-state index contributed by atoms with van der Waals surface area (Å²) in [5, 5.41) is 3.53. The number of hydrogen-bond donors (Lipinski definition) is 1. The summed E-state index contributed by atoms with van der Waals surface area (Å²) >= 11 is 0. The number of benzene rings is 1. The van der Waals surface area contributed by atoms with Gasteiger partial charge in [-0.25, -0.2) is 27.2 Å². The lowest BCUT2D eigenvalue weighted by Crippen LogP contribution is -2.34. The molecule has 2 aromatic rings. The molecule has 2 atom stereocenters. The van der Waals surface area contributed by atoms with Crippen LogP contribution >= 0.6 is 7.75 Å². The number of nitrogens with zero attached hydrogens (tertiary/aromatic N) is 4. The number of rotatable bonds is 8. The van der Waals surface area contributed by atoms with E-state index in [-0.39, 0.29) is 31.0 Å². The number of cyclic esters (lactones) is 1. The van der Waals surface area contributed by atoms with E-state index in [1.54, 1.807) is 0 Å². The van der Waals surface area contributed by atoms with E-state index in [0.717, 1.165) is 23.4 Å². The second kappa shape index (κ2) is 10.3. The van der Waals surface area contributed by atoms with Crippen LogP contribution in [0.3, 0.4) is 0 Å². The fourth-order valence-corrected chi connectivity index (χ4v) is 4.94. The molecule has 16 heteroatoms. The third kappa shape index (κ3) is 5.32. The number of ether oxygens (including phenoxy) is 1. The van der Waals surface area contributed by atoms with E-state index in [0.29, 0.717) is 15.6 Å². The molecule has 0 radical (unpaired) electrons. The molecular weight excluding hydrogens is 524 g/mol. The van der Waals surface area contributed by atoms with Gasteiger partial charge in [0, 0.05) is 37.7 Å². The van der Waals surface area contributed by atoms with Gasteiger partial charge in [-0.1, -0.05) is 12.1 Å². The third-order valence-electron chi connectivity index (χ3n) is 5.49. The predicted octanol–water partition coefficient (Wildman–Crippen LogP) is 3.27. The molecule has 1 aromatic heterocycles. The molecule has 3 heterocycles. The van der Waals surface area contributed by atoms with Gasteiger partial charge < -0.3 is 18.7 Å². The zero-order valence-corrected chi connectivity index (χ0v) is 20.1. The molecule has 1 N–H and O–H groups in total. The molecule has 2 aliphatic rings. The lowest BCUT2D eigenvalue weighted by Gasteiger charge is -2.27. The molecule has 1 saturated heterocycles. The highest BCUT2D eigenvalue weighted by Gasteiger charge is 2.42. The number of ketones is 1. The van der Waals surface area contributed by atoms with Gasteiger partial charge >= 0.3 is 19.8 Å². The second-order valence-corrected chi connectivity index (χ2v) is 9.59. The quantitative estimate of drug-likeness (QED) is 0.386. The van der Waals surface area contributed by atoms with Crippen LogP contribution in [0.2, 0.25) is 0 Å². The highest BCUT2D eigenvalue weighted by molar-refractivity contribution is 7.55. The minimum Gasteiger partial charge on any atom is -0.442 e. The number of carbonyl (C=O) groups is 3. The fraction of sp³-hybridized carbons (Fsp3) is 0.333. The minimum absolute atomic E-state index is 0.0246. The highest BCUT2D eigenvalue weighted by atomic mass is 31.2. The summed E-state index contributed by atoms with van der Waals surface area (Å²) < 4.78 is 72.6. The SMILES string of the molecule is CCC(=O)OP(=O)(O)N(C[C@H]1CN(c2cc(F)c(N3C=CC(=O)CC3)c(F)c2F)C(=O)O1)c1ccon1. The lowest BCUT2D eigenvalue weighted by atomic mass is 10.1. The maximum Gasteiger partial charge on any atom is 0.490 e. The Morgan fingerprint density at radius 3 is 2.70 bits per heavy atom. The molecule has 12 nitrogen and oxygen atoms in total. The normalized spacial score (nSPS) is 19.1. The summed E-state index contributed by atoms with van der Waals surface area (Å²) in [6.07, 6.45) is 0.650. The van der Waals surface area contributed by atoms with Crippen LogP contribution in [0, 0.1) is 17.5 Å². The Bertz CT molecular complexity index is 1310. The smallest absolute Gasteiger partial charge is 0.442 e. The van der Waals surface area contributed by atoms with Crippen molar-refractivity contribution >= 4 is 42.8 Å². The molecule has 0 bridgehead atoms. The molecule has 0 spiro atoms. The molecule has 0 saturated carbocycles. The van der Waals surface area contributed by atoms with Gasteiger partial charge in [0.1, 0.15) is 18.1 Å². The van der Waals surface area contributed by atoms with Crippen LogP contribution in [-0.4, -0.2) is 53.6 Å². The molecule has 198 valence electrons. The van der Waals surface area contributed by atoms with Crippen LogP contribution in [0.25, 0.3) is 0 Å². The summed E-state index contributed by atoms with van der Waals surface area (Å²) in [7, 11) is -4.86. The van der Waals surface area contributed by atoms with E-state index in [1.807, 2.05) is 0 Å². The number of halogens is 3. The van der Waals surface area contributed by atoms with Crippen molar-refractivity contribution in [3.8, 4) is 0 Å². The van der Waals surface area contributed by atoms with Gasteiger partial charge in [0.25, 0.3) is 0 Å². The van der Waals surface area contributed by atoms with E-state index in [1.165, 1.54) is 13.0 Å². The third-order valence-corrected chi connectivity index (χ3v) is 6.91. The zero-order valence-electron chi connectivity index (χ0n) is 19.2. The van der Waals surface area contributed by atoms with E-state index in [4.69, 9.17) is 4.74 Å². The number of carbonyl (C=O) groups excluding carboxylic acids is 3. The van der Waals surface area contributed by atoms with Gasteiger partial charge in [0.2, 0.25) is 0 Å². The largest absolute Gasteiger partial charge is 0.490 e. The maximum absolute atomic E-state index is 15.0. The summed E-state index contributed by atoms with van der Waals surface area (Å²) in [5.74, 6) is -5.80. The molecule has 1 aromatic carbocycles. The molecule has 4 rings (SSSR count).